The lowest BCUT2D eigenvalue weighted by Gasteiger charge is -2.48. The summed E-state index contributed by atoms with van der Waals surface area (Å²) in [5, 5.41) is -1.98. The number of piperazine rings is 1. The van der Waals surface area contributed by atoms with Crippen LogP contribution in [-0.4, -0.2) is 83.2 Å². The highest BCUT2D eigenvalue weighted by Crippen LogP contribution is 2.48. The number of nitrogens with zero attached hydrogens (tertiary/aromatic N) is 5. The van der Waals surface area contributed by atoms with E-state index in [1.165, 1.54) is 9.80 Å². The third kappa shape index (κ3) is 4.29. The minimum Gasteiger partial charge on any atom is -0.462 e. The molecule has 5 rings (SSSR count). The zero-order valence-electron chi connectivity index (χ0n) is 20.0. The molecule has 0 aromatic carbocycles. The topological polar surface area (TPSA) is 115 Å². The minimum absolute atomic E-state index is 0.171. The highest BCUT2D eigenvalue weighted by atomic mass is 35.5. The number of sulfone groups is 1. The van der Waals surface area contributed by atoms with E-state index in [0.29, 0.717) is 6.42 Å². The molecule has 2 fully saturated rings. The van der Waals surface area contributed by atoms with Crippen LogP contribution >= 0.6 is 11.6 Å². The van der Waals surface area contributed by atoms with Crippen molar-refractivity contribution in [2.45, 2.75) is 74.8 Å². The van der Waals surface area contributed by atoms with Crippen molar-refractivity contribution in [3.63, 3.8) is 0 Å². The van der Waals surface area contributed by atoms with Gasteiger partial charge < -0.3 is 14.4 Å². The summed E-state index contributed by atoms with van der Waals surface area (Å²) in [7, 11) is -4.12. The van der Waals surface area contributed by atoms with E-state index in [4.69, 9.17) is 21.1 Å². The molecule has 0 unspecified atom stereocenters. The van der Waals surface area contributed by atoms with Gasteiger partial charge in [-0.15, -0.1) is 0 Å². The van der Waals surface area contributed by atoms with Crippen LogP contribution in [0.25, 0.3) is 10.9 Å². The fraction of sp³-hybridized carbons (Fsp3) is 0.619. The number of hydrogen-bond acceptors (Lipinski definition) is 9. The number of pyridine rings is 1. The predicted octanol–water partition coefficient (Wildman–Crippen LogP) is 3.50. The SMILES string of the molecule is CC(C)(C)OC(=O)N1[C@@H]2CC[C@H]1[C@H]1[C@H](C(F)(F)F)Oc3nc(Cl)c(F)c4nc(S(C)(=O)=O)nc(c34)N1C2. The number of hydrogen-bond donors (Lipinski definition) is 0. The Kier molecular flexibility index (Phi) is 5.72. The van der Waals surface area contributed by atoms with Gasteiger partial charge in [0.15, 0.2) is 11.0 Å². The van der Waals surface area contributed by atoms with Gasteiger partial charge in [-0.05, 0) is 33.6 Å². The second-order valence-corrected chi connectivity index (χ2v) is 12.5. The van der Waals surface area contributed by atoms with Gasteiger partial charge in [-0.25, -0.2) is 27.6 Å². The number of halogens is 5. The molecule has 0 aliphatic carbocycles. The molecule has 4 atom stereocenters. The van der Waals surface area contributed by atoms with E-state index < -0.39 is 79.5 Å². The molecule has 10 nitrogen and oxygen atoms in total. The van der Waals surface area contributed by atoms with Crippen LogP contribution in [0.3, 0.4) is 0 Å². The van der Waals surface area contributed by atoms with E-state index in [1.54, 1.807) is 20.8 Å². The first-order valence-corrected chi connectivity index (χ1v) is 13.5. The number of rotatable bonds is 1. The monoisotopic (exact) mass is 567 g/mol. The van der Waals surface area contributed by atoms with E-state index >= 15 is 4.39 Å². The van der Waals surface area contributed by atoms with Gasteiger partial charge in [0, 0.05) is 12.8 Å². The summed E-state index contributed by atoms with van der Waals surface area (Å²) in [4.78, 5) is 27.0. The number of carbonyl (C=O) groups excluding carboxylic acids is 1. The number of alkyl halides is 3. The summed E-state index contributed by atoms with van der Waals surface area (Å²) in [5.41, 5.74) is -1.53. The van der Waals surface area contributed by atoms with Crippen LogP contribution in [0.1, 0.15) is 33.6 Å². The molecule has 2 aromatic heterocycles. The third-order valence-electron chi connectivity index (χ3n) is 6.46. The fourth-order valence-corrected chi connectivity index (χ4v) is 5.84. The summed E-state index contributed by atoms with van der Waals surface area (Å²) in [5.74, 6) is -2.20. The molecule has 37 heavy (non-hydrogen) atoms. The molecular formula is C21H22ClF4N5O5S. The standard InChI is InChI=1S/C21H22ClF4N5O5S/c1-20(2,3)36-19(32)31-8-5-6-9(31)13-14(21(24,25)26)35-17-10-12(11(23)15(22)28-17)27-18(37(4,33)34)29-16(10)30(13)7-8/h8-9,13-14H,5-7H2,1-4H3/t8-,9+,13+,14-/m1/s1. The van der Waals surface area contributed by atoms with Gasteiger partial charge in [-0.2, -0.15) is 18.2 Å². The molecule has 2 saturated heterocycles. The summed E-state index contributed by atoms with van der Waals surface area (Å²) in [6.45, 7) is 4.75. The summed E-state index contributed by atoms with van der Waals surface area (Å²) < 4.78 is 94.1. The summed E-state index contributed by atoms with van der Waals surface area (Å²) in [6, 6.07) is -3.20. The molecule has 202 valence electrons. The predicted molar refractivity (Wildman–Crippen MR) is 122 cm³/mol. The van der Waals surface area contributed by atoms with E-state index in [2.05, 4.69) is 15.0 Å². The normalized spacial score (nSPS) is 25.5. The van der Waals surface area contributed by atoms with E-state index in [0.717, 1.165) is 6.26 Å². The van der Waals surface area contributed by atoms with Gasteiger partial charge in [0.25, 0.3) is 0 Å². The number of fused-ring (bicyclic) bond motifs is 5. The van der Waals surface area contributed by atoms with Crippen LogP contribution < -0.4 is 9.64 Å². The lowest BCUT2D eigenvalue weighted by atomic mass is 9.96. The first kappa shape index (κ1) is 25.9. The average molecular weight is 568 g/mol. The number of carbonyl (C=O) groups is 1. The van der Waals surface area contributed by atoms with Crippen LogP contribution in [0, 0.1) is 5.82 Å². The number of aromatic nitrogens is 3. The van der Waals surface area contributed by atoms with Gasteiger partial charge in [-0.3, -0.25) is 4.90 Å². The summed E-state index contributed by atoms with van der Waals surface area (Å²) in [6.07, 6.45) is -6.96. The second-order valence-electron chi connectivity index (χ2n) is 10.3. The molecule has 1 amide bonds. The molecular weight excluding hydrogens is 546 g/mol. The molecule has 3 aliphatic rings. The molecule has 3 aliphatic heterocycles. The number of anilines is 1. The molecule has 5 heterocycles. The Bertz CT molecular complexity index is 1420. The van der Waals surface area contributed by atoms with Gasteiger partial charge in [0.1, 0.15) is 22.3 Å². The smallest absolute Gasteiger partial charge is 0.427 e. The van der Waals surface area contributed by atoms with Crippen molar-refractivity contribution >= 4 is 44.3 Å². The maximum Gasteiger partial charge on any atom is 0.427 e. The number of ether oxygens (including phenoxy) is 2. The van der Waals surface area contributed by atoms with E-state index in [1.807, 2.05) is 0 Å². The summed E-state index contributed by atoms with van der Waals surface area (Å²) >= 11 is 5.83. The van der Waals surface area contributed by atoms with E-state index in [9.17, 15) is 26.4 Å². The largest absolute Gasteiger partial charge is 0.462 e. The van der Waals surface area contributed by atoms with Crippen LogP contribution in [0.2, 0.25) is 5.15 Å². The van der Waals surface area contributed by atoms with Crippen molar-refractivity contribution in [1.29, 1.82) is 0 Å². The van der Waals surface area contributed by atoms with Gasteiger partial charge in [0.05, 0.1) is 18.1 Å². The lowest BCUT2D eigenvalue weighted by molar-refractivity contribution is -0.206. The van der Waals surface area contributed by atoms with Crippen molar-refractivity contribution in [2.75, 3.05) is 17.7 Å². The Morgan fingerprint density at radius 1 is 1.16 bits per heavy atom. The first-order valence-electron chi connectivity index (χ1n) is 11.3. The molecule has 0 N–H and O–H groups in total. The molecule has 0 spiro atoms. The zero-order valence-corrected chi connectivity index (χ0v) is 21.6. The van der Waals surface area contributed by atoms with Crippen LogP contribution in [0.5, 0.6) is 5.88 Å². The van der Waals surface area contributed by atoms with Crippen molar-refractivity contribution in [2.24, 2.45) is 0 Å². The van der Waals surface area contributed by atoms with Gasteiger partial charge in [0.2, 0.25) is 27.0 Å². The highest BCUT2D eigenvalue weighted by molar-refractivity contribution is 7.90. The van der Waals surface area contributed by atoms with Crippen molar-refractivity contribution < 1.29 is 40.2 Å². The first-order chi connectivity index (χ1) is 17.0. The Balaban J connectivity index is 1.75. The Hall–Kier alpha value is -2.68. The Morgan fingerprint density at radius 3 is 2.43 bits per heavy atom. The van der Waals surface area contributed by atoms with Crippen LogP contribution in [-0.2, 0) is 14.6 Å². The second kappa shape index (κ2) is 8.16. The van der Waals surface area contributed by atoms with Gasteiger partial charge in [-0.1, -0.05) is 11.6 Å². The molecule has 2 bridgehead atoms. The third-order valence-corrected chi connectivity index (χ3v) is 7.56. The molecule has 0 radical (unpaired) electrons. The zero-order chi connectivity index (χ0) is 27.2. The fourth-order valence-electron chi connectivity index (χ4n) is 5.16. The van der Waals surface area contributed by atoms with Crippen molar-refractivity contribution in [3.05, 3.63) is 11.0 Å². The highest BCUT2D eigenvalue weighted by Gasteiger charge is 2.61. The quantitative estimate of drug-likeness (QED) is 0.290. The van der Waals surface area contributed by atoms with Crippen LogP contribution in [0.15, 0.2) is 5.16 Å². The molecule has 2 aromatic rings. The average Bonchev–Trinajstić information content (AvgIpc) is 2.98. The molecule has 0 saturated carbocycles. The Labute approximate surface area is 213 Å². The Morgan fingerprint density at radius 2 is 1.84 bits per heavy atom. The molecule has 16 heteroatoms. The van der Waals surface area contributed by atoms with Gasteiger partial charge >= 0.3 is 12.3 Å². The minimum atomic E-state index is -4.97. The maximum absolute atomic E-state index is 15.0. The van der Waals surface area contributed by atoms with Crippen LogP contribution in [0.4, 0.5) is 28.2 Å². The lowest BCUT2D eigenvalue weighted by Crippen LogP contribution is -2.68. The maximum atomic E-state index is 15.0. The van der Waals surface area contributed by atoms with E-state index in [-0.39, 0.29) is 24.2 Å². The van der Waals surface area contributed by atoms with Crippen molar-refractivity contribution in [3.8, 4) is 5.88 Å². The van der Waals surface area contributed by atoms with Crippen molar-refractivity contribution in [1.82, 2.24) is 19.9 Å². The number of amides is 1.